The average Bonchev–Trinajstić information content (AvgIpc) is 3.05. The van der Waals surface area contributed by atoms with Crippen LogP contribution < -0.4 is 0 Å². The summed E-state index contributed by atoms with van der Waals surface area (Å²) in [4.78, 5) is 2.16. The van der Waals surface area contributed by atoms with Gasteiger partial charge < -0.3 is 64.7 Å². The van der Waals surface area contributed by atoms with E-state index in [1.54, 1.807) is 0 Å². The molecule has 13 nitrogen and oxygen atoms in total. The van der Waals surface area contributed by atoms with E-state index in [1.165, 1.54) is 25.7 Å². The molecule has 0 aromatic carbocycles. The van der Waals surface area contributed by atoms with Crippen molar-refractivity contribution in [1.82, 2.24) is 4.90 Å². The van der Waals surface area contributed by atoms with Crippen molar-refractivity contribution in [2.45, 2.75) is 177 Å². The minimum Gasteiger partial charge on any atom is -0.394 e. The van der Waals surface area contributed by atoms with Crippen molar-refractivity contribution in [2.75, 3.05) is 33.9 Å². The lowest BCUT2D eigenvalue weighted by molar-refractivity contribution is -0.371. The number of unbranched alkanes of at least 4 members (excludes halogenated alkanes) is 9. The van der Waals surface area contributed by atoms with Gasteiger partial charge in [0.15, 0.2) is 12.6 Å². The highest BCUT2D eigenvalue weighted by atomic mass is 16.8. The van der Waals surface area contributed by atoms with E-state index in [-0.39, 0.29) is 12.2 Å². The van der Waals surface area contributed by atoms with Crippen molar-refractivity contribution < 1.29 is 59.8 Å². The van der Waals surface area contributed by atoms with Gasteiger partial charge in [0.1, 0.15) is 48.8 Å². The maximum Gasteiger partial charge on any atom is 0.187 e. The molecule has 2 aliphatic heterocycles. The topological polar surface area (TPSA) is 202 Å². The zero-order valence-electron chi connectivity index (χ0n) is 29.5. The van der Waals surface area contributed by atoms with Gasteiger partial charge in [0, 0.05) is 0 Å². The molecule has 12 atom stereocenters. The molecule has 2 saturated heterocycles. The van der Waals surface area contributed by atoms with Crippen LogP contribution in [0.1, 0.15) is 103 Å². The Morgan fingerprint density at radius 2 is 1.12 bits per heavy atom. The van der Waals surface area contributed by atoms with Crippen LogP contribution in [0, 0.1) is 0 Å². The number of aliphatic hydroxyl groups is 8. The number of nitrogens with zero attached hydrogens (tertiary/aromatic N) is 1. The predicted octanol–water partition coefficient (Wildman–Crippen LogP) is 1.35. The summed E-state index contributed by atoms with van der Waals surface area (Å²) in [5.74, 6) is 0. The molecule has 12 unspecified atom stereocenters. The summed E-state index contributed by atoms with van der Waals surface area (Å²) in [6.45, 7) is 1.66. The number of hydrogen-bond acceptors (Lipinski definition) is 13. The molecule has 2 fully saturated rings. The summed E-state index contributed by atoms with van der Waals surface area (Å²) in [5.41, 5.74) is 0. The number of aliphatic hydroxyl groups excluding tert-OH is 8. The molecule has 2 heterocycles. The highest BCUT2D eigenvalue weighted by Crippen LogP contribution is 2.30. The number of rotatable bonds is 25. The fraction of sp³-hybridized carbons (Fsp3) is 0.943. The Balaban J connectivity index is 1.60. The van der Waals surface area contributed by atoms with Crippen LogP contribution in [-0.2, 0) is 18.9 Å². The molecule has 2 rings (SSSR count). The Morgan fingerprint density at radius 3 is 1.71 bits per heavy atom. The van der Waals surface area contributed by atoms with Crippen molar-refractivity contribution in [3.63, 3.8) is 0 Å². The van der Waals surface area contributed by atoms with E-state index >= 15 is 0 Å². The average molecular weight is 694 g/mol. The quantitative estimate of drug-likeness (QED) is 0.0504. The van der Waals surface area contributed by atoms with E-state index in [0.717, 1.165) is 70.8 Å². The number of allylic oxidation sites excluding steroid dienone is 2. The van der Waals surface area contributed by atoms with Gasteiger partial charge in [-0.15, -0.1) is 0 Å². The number of hydrogen-bond donors (Lipinski definition) is 8. The molecule has 0 spiro atoms. The Morgan fingerprint density at radius 1 is 0.625 bits per heavy atom. The van der Waals surface area contributed by atoms with Crippen molar-refractivity contribution in [2.24, 2.45) is 0 Å². The molecule has 0 aromatic heterocycles. The van der Waals surface area contributed by atoms with E-state index in [2.05, 4.69) is 31.1 Å². The van der Waals surface area contributed by atoms with Crippen LogP contribution in [0.4, 0.5) is 0 Å². The highest BCUT2D eigenvalue weighted by molar-refractivity contribution is 4.94. The first kappa shape index (κ1) is 43.4. The third-order valence-corrected chi connectivity index (χ3v) is 9.28. The summed E-state index contributed by atoms with van der Waals surface area (Å²) in [5, 5.41) is 80.9. The second kappa shape index (κ2) is 24.4. The molecule has 8 N–H and O–H groups in total. The fourth-order valence-electron chi connectivity index (χ4n) is 6.19. The van der Waals surface area contributed by atoms with E-state index in [1.807, 2.05) is 6.92 Å². The highest BCUT2D eigenvalue weighted by Gasteiger charge is 2.51. The van der Waals surface area contributed by atoms with Gasteiger partial charge in [-0.3, -0.25) is 0 Å². The second-order valence-corrected chi connectivity index (χ2v) is 13.9. The Bertz CT molecular complexity index is 835. The zero-order chi connectivity index (χ0) is 35.5. The lowest BCUT2D eigenvalue weighted by Gasteiger charge is -2.46. The van der Waals surface area contributed by atoms with Gasteiger partial charge >= 0.3 is 0 Å². The van der Waals surface area contributed by atoms with E-state index in [0.29, 0.717) is 6.42 Å². The van der Waals surface area contributed by atoms with Crippen LogP contribution in [0.3, 0.4) is 0 Å². The third-order valence-electron chi connectivity index (χ3n) is 9.28. The van der Waals surface area contributed by atoms with E-state index < -0.39 is 74.6 Å². The molecule has 0 aromatic rings. The zero-order valence-corrected chi connectivity index (χ0v) is 29.5. The molecule has 0 aliphatic carbocycles. The van der Waals surface area contributed by atoms with E-state index in [4.69, 9.17) is 18.9 Å². The summed E-state index contributed by atoms with van der Waals surface area (Å²) < 4.78 is 22.9. The summed E-state index contributed by atoms with van der Waals surface area (Å²) in [6.07, 6.45) is 5.27. The van der Waals surface area contributed by atoms with Crippen LogP contribution in [0.15, 0.2) is 12.2 Å². The summed E-state index contributed by atoms with van der Waals surface area (Å²) in [7, 11) is 4.12. The summed E-state index contributed by atoms with van der Waals surface area (Å²) in [6, 6.07) is 0. The summed E-state index contributed by atoms with van der Waals surface area (Å²) >= 11 is 0. The van der Waals surface area contributed by atoms with Crippen LogP contribution in [0.5, 0.6) is 0 Å². The lowest BCUT2D eigenvalue weighted by Crippen LogP contribution is -2.64. The van der Waals surface area contributed by atoms with Crippen LogP contribution in [0.2, 0.25) is 0 Å². The molecule has 0 radical (unpaired) electrons. The van der Waals surface area contributed by atoms with Gasteiger partial charge in [0.05, 0.1) is 25.4 Å². The lowest BCUT2D eigenvalue weighted by atomic mass is 9.97. The van der Waals surface area contributed by atoms with Gasteiger partial charge in [0.25, 0.3) is 0 Å². The molecular weight excluding hydrogens is 626 g/mol. The van der Waals surface area contributed by atoms with Crippen molar-refractivity contribution >= 4 is 0 Å². The Kier molecular flexibility index (Phi) is 22.1. The monoisotopic (exact) mass is 693 g/mol. The van der Waals surface area contributed by atoms with Gasteiger partial charge in [-0.2, -0.15) is 0 Å². The molecule has 2 aliphatic rings. The largest absolute Gasteiger partial charge is 0.394 e. The second-order valence-electron chi connectivity index (χ2n) is 13.9. The van der Waals surface area contributed by atoms with Crippen molar-refractivity contribution in [1.29, 1.82) is 0 Å². The molecule has 0 bridgehead atoms. The molecule has 0 saturated carbocycles. The van der Waals surface area contributed by atoms with E-state index in [9.17, 15) is 40.9 Å². The van der Waals surface area contributed by atoms with Crippen molar-refractivity contribution in [3.8, 4) is 0 Å². The van der Waals surface area contributed by atoms with Crippen LogP contribution in [-0.4, -0.2) is 153 Å². The molecule has 13 heteroatoms. The Labute approximate surface area is 287 Å². The first-order chi connectivity index (χ1) is 23.0. The van der Waals surface area contributed by atoms with Crippen molar-refractivity contribution in [3.05, 3.63) is 12.2 Å². The van der Waals surface area contributed by atoms with Gasteiger partial charge in [0.2, 0.25) is 0 Å². The van der Waals surface area contributed by atoms with Gasteiger partial charge in [-0.05, 0) is 78.9 Å². The third kappa shape index (κ3) is 15.6. The standard InChI is InChI=1S/C35H67NO12/c1-24(18-15-13-11-9-7-5-4-6-8-10-12-14-16-19-25(39)20-17-21-36(2)3)45-35-33(31(43)29(41)27(23-38)47-35)48-34-32(44)30(42)28(40)26(22-37)46-34/h4-5,24-35,37-44H,6-23H2,1-3H3/b5-4-. The molecule has 0 amide bonds. The predicted molar refractivity (Wildman–Crippen MR) is 180 cm³/mol. The fourth-order valence-corrected chi connectivity index (χ4v) is 6.19. The molecular formula is C35H67NO12. The number of ether oxygens (including phenoxy) is 4. The minimum atomic E-state index is -1.71. The maximum absolute atomic E-state index is 10.8. The maximum atomic E-state index is 10.8. The van der Waals surface area contributed by atoms with Crippen LogP contribution >= 0.6 is 0 Å². The Hall–Kier alpha value is -0.780. The van der Waals surface area contributed by atoms with Crippen LogP contribution in [0.25, 0.3) is 0 Å². The SMILES string of the molecule is CC(CCCCCC/C=C\CCCCCCCC(O)CCCN(C)C)OC1OC(CO)C(O)C(O)C1OC1OC(CO)C(O)C(O)C1O. The molecule has 284 valence electrons. The van der Waals surface area contributed by atoms with Gasteiger partial charge in [-0.1, -0.05) is 57.1 Å². The molecule has 48 heavy (non-hydrogen) atoms. The first-order valence-electron chi connectivity index (χ1n) is 18.2. The normalized spacial score (nSPS) is 32.7. The van der Waals surface area contributed by atoms with Gasteiger partial charge in [-0.25, -0.2) is 0 Å². The first-order valence-corrected chi connectivity index (χ1v) is 18.2. The smallest absolute Gasteiger partial charge is 0.187 e. The minimum absolute atomic E-state index is 0.157.